The van der Waals surface area contributed by atoms with Crippen LogP contribution in [-0.2, 0) is 9.53 Å². The second-order valence-corrected chi connectivity index (χ2v) is 5.90. The van der Waals surface area contributed by atoms with Crippen molar-refractivity contribution < 1.29 is 14.3 Å². The summed E-state index contributed by atoms with van der Waals surface area (Å²) >= 11 is 3.34. The summed E-state index contributed by atoms with van der Waals surface area (Å²) in [6.07, 6.45) is 0. The maximum absolute atomic E-state index is 12.0. The molecule has 0 aliphatic carbocycles. The second kappa shape index (κ2) is 7.78. The van der Waals surface area contributed by atoms with E-state index in [2.05, 4.69) is 21.2 Å². The maximum atomic E-state index is 12.0. The number of esters is 1. The van der Waals surface area contributed by atoms with Gasteiger partial charge in [0.25, 0.3) is 5.91 Å². The van der Waals surface area contributed by atoms with Crippen molar-refractivity contribution in [2.45, 2.75) is 0 Å². The molecule has 6 heteroatoms. The van der Waals surface area contributed by atoms with Gasteiger partial charge in [-0.25, -0.2) is 4.79 Å². The number of halogens is 1. The third kappa shape index (κ3) is 4.82. The molecule has 2 aromatic rings. The summed E-state index contributed by atoms with van der Waals surface area (Å²) in [6.45, 7) is -0.341. The van der Waals surface area contributed by atoms with Crippen molar-refractivity contribution in [3.05, 3.63) is 58.6 Å². The lowest BCUT2D eigenvalue weighted by atomic mass is 10.2. The second-order valence-electron chi connectivity index (χ2n) is 5.05. The van der Waals surface area contributed by atoms with Crippen LogP contribution in [0.3, 0.4) is 0 Å². The Hall–Kier alpha value is -2.34. The standard InChI is InChI=1S/C17H17BrN2O3/c1-20(2)13-7-5-6-12(10-13)17(22)23-11-16(21)19-15-9-4-3-8-14(15)18/h3-10H,11H2,1-2H3,(H,19,21). The van der Waals surface area contributed by atoms with Crippen LogP contribution in [0.4, 0.5) is 11.4 Å². The lowest BCUT2D eigenvalue weighted by molar-refractivity contribution is -0.119. The minimum Gasteiger partial charge on any atom is -0.452 e. The molecule has 1 amide bonds. The van der Waals surface area contributed by atoms with Crippen molar-refractivity contribution in [3.8, 4) is 0 Å². The number of amides is 1. The lowest BCUT2D eigenvalue weighted by Crippen LogP contribution is -2.21. The minimum atomic E-state index is -0.532. The average molecular weight is 377 g/mol. The zero-order chi connectivity index (χ0) is 16.8. The van der Waals surface area contributed by atoms with Gasteiger partial charge in [-0.2, -0.15) is 0 Å². The van der Waals surface area contributed by atoms with Gasteiger partial charge in [0, 0.05) is 24.3 Å². The van der Waals surface area contributed by atoms with Crippen LogP contribution in [0.5, 0.6) is 0 Å². The predicted octanol–water partition coefficient (Wildman–Crippen LogP) is 3.31. The van der Waals surface area contributed by atoms with Crippen molar-refractivity contribution >= 4 is 39.2 Å². The molecule has 0 aromatic heterocycles. The molecule has 0 aliphatic rings. The van der Waals surface area contributed by atoms with Crippen LogP contribution in [0.25, 0.3) is 0 Å². The Morgan fingerprint density at radius 1 is 1.13 bits per heavy atom. The Bertz CT molecular complexity index is 716. The highest BCUT2D eigenvalue weighted by atomic mass is 79.9. The Balaban J connectivity index is 1.92. The molecular formula is C17H17BrN2O3. The number of benzene rings is 2. The van der Waals surface area contributed by atoms with Crippen molar-refractivity contribution in [1.82, 2.24) is 0 Å². The first-order valence-electron chi connectivity index (χ1n) is 6.96. The van der Waals surface area contributed by atoms with Gasteiger partial charge in [0.15, 0.2) is 6.61 Å². The van der Waals surface area contributed by atoms with Crippen LogP contribution >= 0.6 is 15.9 Å². The Morgan fingerprint density at radius 2 is 1.87 bits per heavy atom. The molecule has 0 bridgehead atoms. The number of hydrogen-bond acceptors (Lipinski definition) is 4. The summed E-state index contributed by atoms with van der Waals surface area (Å²) < 4.78 is 5.81. The molecule has 0 aliphatic heterocycles. The van der Waals surface area contributed by atoms with Gasteiger partial charge in [-0.3, -0.25) is 4.79 Å². The van der Waals surface area contributed by atoms with Crippen LogP contribution < -0.4 is 10.2 Å². The van der Waals surface area contributed by atoms with Crippen LogP contribution in [-0.4, -0.2) is 32.6 Å². The molecule has 0 saturated carbocycles. The molecule has 23 heavy (non-hydrogen) atoms. The van der Waals surface area contributed by atoms with Crippen LogP contribution in [0.1, 0.15) is 10.4 Å². The molecule has 0 heterocycles. The zero-order valence-corrected chi connectivity index (χ0v) is 14.5. The number of carbonyl (C=O) groups is 2. The van der Waals surface area contributed by atoms with Gasteiger partial charge in [0.1, 0.15) is 0 Å². The van der Waals surface area contributed by atoms with Gasteiger partial charge in [-0.05, 0) is 46.3 Å². The molecule has 5 nitrogen and oxygen atoms in total. The number of hydrogen-bond donors (Lipinski definition) is 1. The number of ether oxygens (including phenoxy) is 1. The van der Waals surface area contributed by atoms with Crippen LogP contribution in [0, 0.1) is 0 Å². The molecule has 2 aromatic carbocycles. The lowest BCUT2D eigenvalue weighted by Gasteiger charge is -2.13. The first kappa shape index (κ1) is 17.0. The van der Waals surface area contributed by atoms with Crippen molar-refractivity contribution in [1.29, 1.82) is 0 Å². The topological polar surface area (TPSA) is 58.6 Å². The van der Waals surface area contributed by atoms with Crippen molar-refractivity contribution in [3.63, 3.8) is 0 Å². The van der Waals surface area contributed by atoms with Gasteiger partial charge in [0.05, 0.1) is 11.3 Å². The number of nitrogens with zero attached hydrogens (tertiary/aromatic N) is 1. The van der Waals surface area contributed by atoms with E-state index in [1.54, 1.807) is 30.3 Å². The van der Waals surface area contributed by atoms with E-state index in [4.69, 9.17) is 4.74 Å². The highest BCUT2D eigenvalue weighted by molar-refractivity contribution is 9.10. The number of anilines is 2. The first-order chi connectivity index (χ1) is 11.0. The summed E-state index contributed by atoms with van der Waals surface area (Å²) in [5.74, 6) is -0.926. The van der Waals surface area contributed by atoms with Gasteiger partial charge in [-0.15, -0.1) is 0 Å². The van der Waals surface area contributed by atoms with E-state index >= 15 is 0 Å². The molecule has 0 radical (unpaired) electrons. The van der Waals surface area contributed by atoms with E-state index in [1.165, 1.54) is 0 Å². The highest BCUT2D eigenvalue weighted by Gasteiger charge is 2.12. The number of carbonyl (C=O) groups excluding carboxylic acids is 2. The van der Waals surface area contributed by atoms with E-state index in [0.717, 1.165) is 10.2 Å². The monoisotopic (exact) mass is 376 g/mol. The maximum Gasteiger partial charge on any atom is 0.338 e. The Morgan fingerprint density at radius 3 is 2.57 bits per heavy atom. The summed E-state index contributed by atoms with van der Waals surface area (Å²) in [4.78, 5) is 25.8. The molecule has 0 spiro atoms. The largest absolute Gasteiger partial charge is 0.452 e. The quantitative estimate of drug-likeness (QED) is 0.813. The SMILES string of the molecule is CN(C)c1cccc(C(=O)OCC(=O)Nc2ccccc2Br)c1. The van der Waals surface area contributed by atoms with Crippen LogP contribution in [0.15, 0.2) is 53.0 Å². The predicted molar refractivity (Wildman–Crippen MR) is 93.8 cm³/mol. The van der Waals surface area contributed by atoms with Crippen molar-refractivity contribution in [2.24, 2.45) is 0 Å². The molecule has 2 rings (SSSR count). The fraction of sp³-hybridized carbons (Fsp3) is 0.176. The molecule has 0 atom stereocenters. The van der Waals surface area contributed by atoms with Gasteiger partial charge in [0.2, 0.25) is 0 Å². The number of nitrogens with one attached hydrogen (secondary N) is 1. The fourth-order valence-electron chi connectivity index (χ4n) is 1.87. The van der Waals surface area contributed by atoms with E-state index in [1.807, 2.05) is 37.2 Å². The van der Waals surface area contributed by atoms with E-state index in [-0.39, 0.29) is 6.61 Å². The zero-order valence-electron chi connectivity index (χ0n) is 12.9. The molecule has 1 N–H and O–H groups in total. The van der Waals surface area contributed by atoms with E-state index < -0.39 is 11.9 Å². The summed E-state index contributed by atoms with van der Waals surface area (Å²) in [7, 11) is 3.77. The Labute approximate surface area is 143 Å². The molecular weight excluding hydrogens is 360 g/mol. The summed E-state index contributed by atoms with van der Waals surface area (Å²) in [5, 5.41) is 2.68. The number of rotatable bonds is 5. The highest BCUT2D eigenvalue weighted by Crippen LogP contribution is 2.21. The third-order valence-corrected chi connectivity index (χ3v) is 3.77. The number of para-hydroxylation sites is 1. The molecule has 0 saturated heterocycles. The van der Waals surface area contributed by atoms with Gasteiger partial charge in [-0.1, -0.05) is 18.2 Å². The van der Waals surface area contributed by atoms with Crippen molar-refractivity contribution in [2.75, 3.05) is 30.9 Å². The van der Waals surface area contributed by atoms with Crippen LogP contribution in [0.2, 0.25) is 0 Å². The van der Waals surface area contributed by atoms with Gasteiger partial charge >= 0.3 is 5.97 Å². The third-order valence-electron chi connectivity index (χ3n) is 3.08. The van der Waals surface area contributed by atoms with Gasteiger partial charge < -0.3 is 15.0 Å². The molecule has 120 valence electrons. The summed E-state index contributed by atoms with van der Waals surface area (Å²) in [5.41, 5.74) is 1.92. The fourth-order valence-corrected chi connectivity index (χ4v) is 2.26. The molecule has 0 unspecified atom stereocenters. The summed E-state index contributed by atoms with van der Waals surface area (Å²) in [6, 6.07) is 14.2. The Kier molecular flexibility index (Phi) is 5.76. The molecule has 0 fully saturated rings. The smallest absolute Gasteiger partial charge is 0.338 e. The first-order valence-corrected chi connectivity index (χ1v) is 7.75. The normalized spacial score (nSPS) is 10.0. The average Bonchev–Trinajstić information content (AvgIpc) is 2.55. The van der Waals surface area contributed by atoms with E-state index in [0.29, 0.717) is 11.3 Å². The van der Waals surface area contributed by atoms with E-state index in [9.17, 15) is 9.59 Å². The minimum absolute atomic E-state index is 0.341.